The Kier molecular flexibility index (Phi) is 8.67. The Balaban J connectivity index is 1.09. The molecule has 3 aromatic carbocycles. The standard InChI is InChI=1S/C33H29F4N5O2/c34-21-8-6-20(7-9-21)24(19-4-2-1-3-5-19)12-32(43)40-30-17-38-16-27(37)23(30)11-10-22-15-39-31(18-44-22)33-41-28-13-25(35)26(36)14-29(28)42-33/h1-9,13-14,16-17,22,24,31,39H,10-12,15,18H2,(H,40,43)(H,41,42)/t22-,24-,31+/m1/s1. The third-order valence-corrected chi connectivity index (χ3v) is 7.82. The van der Waals surface area contributed by atoms with Crippen molar-refractivity contribution in [3.63, 3.8) is 0 Å². The number of ether oxygens (including phenoxy) is 1. The lowest BCUT2D eigenvalue weighted by Crippen LogP contribution is -2.41. The van der Waals surface area contributed by atoms with Crippen LogP contribution < -0.4 is 10.6 Å². The van der Waals surface area contributed by atoms with Crippen LogP contribution in [0.2, 0.25) is 0 Å². The molecule has 1 fully saturated rings. The lowest BCUT2D eigenvalue weighted by Gasteiger charge is -2.29. The van der Waals surface area contributed by atoms with Crippen molar-refractivity contribution in [2.45, 2.75) is 37.3 Å². The van der Waals surface area contributed by atoms with Crippen LogP contribution in [0.5, 0.6) is 0 Å². The number of carbonyl (C=O) groups excluding carboxylic acids is 1. The van der Waals surface area contributed by atoms with E-state index in [1.807, 2.05) is 30.3 Å². The van der Waals surface area contributed by atoms with Gasteiger partial charge in [0.25, 0.3) is 0 Å². The van der Waals surface area contributed by atoms with Gasteiger partial charge in [-0.3, -0.25) is 9.78 Å². The summed E-state index contributed by atoms with van der Waals surface area (Å²) in [5.41, 5.74) is 2.99. The van der Waals surface area contributed by atoms with E-state index in [-0.39, 0.29) is 54.9 Å². The van der Waals surface area contributed by atoms with E-state index in [1.165, 1.54) is 18.3 Å². The second-order valence-corrected chi connectivity index (χ2v) is 10.8. The molecule has 3 atom stereocenters. The molecule has 0 saturated carbocycles. The Morgan fingerprint density at radius 1 is 0.955 bits per heavy atom. The molecule has 0 bridgehead atoms. The monoisotopic (exact) mass is 603 g/mol. The minimum absolute atomic E-state index is 0.0592. The SMILES string of the molecule is O=C(C[C@H](c1ccccc1)c1ccc(F)cc1)Nc1cncc(F)c1CC[C@@H]1CN[C@H](c2nc3cc(F)c(F)cc3[nH]2)CO1. The lowest BCUT2D eigenvalue weighted by atomic mass is 9.88. The molecule has 11 heteroatoms. The van der Waals surface area contributed by atoms with Gasteiger partial charge in [0.2, 0.25) is 5.91 Å². The summed E-state index contributed by atoms with van der Waals surface area (Å²) in [6.07, 6.45) is 3.09. The molecule has 1 amide bonds. The van der Waals surface area contributed by atoms with Crippen molar-refractivity contribution in [3.05, 3.63) is 125 Å². The van der Waals surface area contributed by atoms with Gasteiger partial charge in [-0.05, 0) is 36.1 Å². The zero-order valence-electron chi connectivity index (χ0n) is 23.5. The van der Waals surface area contributed by atoms with Gasteiger partial charge in [-0.15, -0.1) is 0 Å². The molecule has 0 unspecified atom stereocenters. The van der Waals surface area contributed by atoms with Crippen LogP contribution in [0.1, 0.15) is 47.3 Å². The van der Waals surface area contributed by atoms with Gasteiger partial charge in [0, 0.05) is 36.6 Å². The molecule has 6 rings (SSSR count). The van der Waals surface area contributed by atoms with Crippen molar-refractivity contribution in [2.24, 2.45) is 0 Å². The normalized spacial score (nSPS) is 17.5. The van der Waals surface area contributed by atoms with E-state index in [4.69, 9.17) is 4.74 Å². The van der Waals surface area contributed by atoms with E-state index in [0.29, 0.717) is 35.4 Å². The number of aromatic nitrogens is 3. The average Bonchev–Trinajstić information content (AvgIpc) is 3.43. The molecule has 1 aliphatic heterocycles. The first-order valence-electron chi connectivity index (χ1n) is 14.3. The number of pyridine rings is 1. The van der Waals surface area contributed by atoms with Gasteiger partial charge in [-0.25, -0.2) is 22.5 Å². The Hall–Kier alpha value is -4.61. The molecule has 2 aromatic heterocycles. The van der Waals surface area contributed by atoms with Gasteiger partial charge in [-0.2, -0.15) is 0 Å². The lowest BCUT2D eigenvalue weighted by molar-refractivity contribution is -0.116. The predicted molar refractivity (Wildman–Crippen MR) is 157 cm³/mol. The van der Waals surface area contributed by atoms with Crippen molar-refractivity contribution in [1.29, 1.82) is 0 Å². The maximum Gasteiger partial charge on any atom is 0.225 e. The third kappa shape index (κ3) is 6.63. The smallest absolute Gasteiger partial charge is 0.225 e. The van der Waals surface area contributed by atoms with Crippen LogP contribution in [0, 0.1) is 23.3 Å². The van der Waals surface area contributed by atoms with Gasteiger partial charge in [0.15, 0.2) is 11.6 Å². The Bertz CT molecular complexity index is 1720. The van der Waals surface area contributed by atoms with Crippen molar-refractivity contribution in [2.75, 3.05) is 18.5 Å². The number of anilines is 1. The molecular formula is C33H29F4N5O2. The number of fused-ring (bicyclic) bond motifs is 1. The summed E-state index contributed by atoms with van der Waals surface area (Å²) in [6.45, 7) is 0.692. The van der Waals surface area contributed by atoms with Crippen LogP contribution in [0.15, 0.2) is 79.1 Å². The molecule has 44 heavy (non-hydrogen) atoms. The van der Waals surface area contributed by atoms with Crippen molar-refractivity contribution < 1.29 is 27.1 Å². The number of imidazole rings is 1. The number of benzene rings is 3. The molecule has 3 heterocycles. The Morgan fingerprint density at radius 3 is 2.45 bits per heavy atom. The molecule has 0 spiro atoms. The molecule has 3 N–H and O–H groups in total. The molecule has 1 saturated heterocycles. The zero-order valence-corrected chi connectivity index (χ0v) is 23.5. The summed E-state index contributed by atoms with van der Waals surface area (Å²) in [4.78, 5) is 24.6. The van der Waals surface area contributed by atoms with Crippen molar-refractivity contribution >= 4 is 22.6 Å². The fraction of sp³-hybridized carbons (Fsp3) is 0.242. The molecule has 7 nitrogen and oxygen atoms in total. The van der Waals surface area contributed by atoms with Gasteiger partial charge >= 0.3 is 0 Å². The van der Waals surface area contributed by atoms with E-state index >= 15 is 0 Å². The number of H-pyrrole nitrogens is 1. The highest BCUT2D eigenvalue weighted by atomic mass is 19.2. The number of aromatic amines is 1. The van der Waals surface area contributed by atoms with Crippen LogP contribution in [-0.2, 0) is 16.0 Å². The van der Waals surface area contributed by atoms with Gasteiger partial charge in [0.05, 0.1) is 47.9 Å². The number of amides is 1. The van der Waals surface area contributed by atoms with Crippen LogP contribution in [-0.4, -0.2) is 40.1 Å². The highest BCUT2D eigenvalue weighted by Gasteiger charge is 2.26. The second kappa shape index (κ2) is 12.9. The van der Waals surface area contributed by atoms with E-state index in [0.717, 1.165) is 29.5 Å². The zero-order chi connectivity index (χ0) is 30.6. The summed E-state index contributed by atoms with van der Waals surface area (Å²) in [5, 5.41) is 6.16. The first kappa shape index (κ1) is 29.5. The highest BCUT2D eigenvalue weighted by Crippen LogP contribution is 2.30. The molecule has 5 aromatic rings. The molecule has 1 aliphatic rings. The highest BCUT2D eigenvalue weighted by molar-refractivity contribution is 5.92. The quantitative estimate of drug-likeness (QED) is 0.171. The molecular weight excluding hydrogens is 574 g/mol. The number of carbonyl (C=O) groups is 1. The predicted octanol–water partition coefficient (Wildman–Crippen LogP) is 6.34. The molecule has 0 radical (unpaired) electrons. The third-order valence-electron chi connectivity index (χ3n) is 7.82. The first-order chi connectivity index (χ1) is 21.3. The average molecular weight is 604 g/mol. The van der Waals surface area contributed by atoms with E-state index < -0.39 is 17.5 Å². The number of halogens is 4. The first-order valence-corrected chi connectivity index (χ1v) is 14.3. The van der Waals surface area contributed by atoms with Crippen LogP contribution in [0.25, 0.3) is 11.0 Å². The minimum Gasteiger partial charge on any atom is -0.375 e. The van der Waals surface area contributed by atoms with Crippen molar-refractivity contribution in [3.8, 4) is 0 Å². The summed E-state index contributed by atoms with van der Waals surface area (Å²) >= 11 is 0. The maximum atomic E-state index is 15.0. The topological polar surface area (TPSA) is 91.9 Å². The summed E-state index contributed by atoms with van der Waals surface area (Å²) in [7, 11) is 0. The van der Waals surface area contributed by atoms with Crippen LogP contribution in [0.3, 0.4) is 0 Å². The Morgan fingerprint density at radius 2 is 1.70 bits per heavy atom. The van der Waals surface area contributed by atoms with Crippen LogP contribution in [0.4, 0.5) is 23.2 Å². The number of hydrogen-bond acceptors (Lipinski definition) is 5. The van der Waals surface area contributed by atoms with E-state index in [1.54, 1.807) is 12.1 Å². The van der Waals surface area contributed by atoms with Crippen LogP contribution >= 0.6 is 0 Å². The minimum atomic E-state index is -0.966. The molecule has 0 aliphatic carbocycles. The number of nitrogens with one attached hydrogen (secondary N) is 3. The van der Waals surface area contributed by atoms with Crippen molar-refractivity contribution in [1.82, 2.24) is 20.3 Å². The fourth-order valence-corrected chi connectivity index (χ4v) is 5.50. The summed E-state index contributed by atoms with van der Waals surface area (Å²) in [5.74, 6) is -2.99. The Labute approximate surface area is 250 Å². The van der Waals surface area contributed by atoms with Gasteiger partial charge in [-0.1, -0.05) is 42.5 Å². The largest absolute Gasteiger partial charge is 0.375 e. The second-order valence-electron chi connectivity index (χ2n) is 10.8. The van der Waals surface area contributed by atoms with Gasteiger partial charge < -0.3 is 20.4 Å². The molecule has 226 valence electrons. The number of nitrogens with zero attached hydrogens (tertiary/aromatic N) is 2. The van der Waals surface area contributed by atoms with Gasteiger partial charge in [0.1, 0.15) is 17.5 Å². The summed E-state index contributed by atoms with van der Waals surface area (Å²) < 4.78 is 61.7. The number of morpholine rings is 1. The van der Waals surface area contributed by atoms with E-state index in [9.17, 15) is 22.4 Å². The fourth-order valence-electron chi connectivity index (χ4n) is 5.50. The number of rotatable bonds is 9. The number of hydrogen-bond donors (Lipinski definition) is 3. The maximum absolute atomic E-state index is 15.0. The van der Waals surface area contributed by atoms with E-state index in [2.05, 4.69) is 25.6 Å². The summed E-state index contributed by atoms with van der Waals surface area (Å²) in [6, 6.07) is 17.3.